The van der Waals surface area contributed by atoms with Gasteiger partial charge in [0, 0.05) is 7.11 Å². The topological polar surface area (TPSA) is 98.5 Å². The molecule has 0 saturated carbocycles. The van der Waals surface area contributed by atoms with E-state index in [-0.39, 0.29) is 6.61 Å². The highest BCUT2D eigenvalue weighted by Gasteiger charge is 2.22. The number of sulfonamides is 1. The van der Waals surface area contributed by atoms with Crippen molar-refractivity contribution in [1.82, 2.24) is 4.72 Å². The van der Waals surface area contributed by atoms with Gasteiger partial charge in [-0.2, -0.15) is 0 Å². The van der Waals surface area contributed by atoms with Gasteiger partial charge in [0.2, 0.25) is 10.0 Å². The third-order valence-corrected chi connectivity index (χ3v) is 3.27. The third kappa shape index (κ3) is 4.03. The molecule has 0 aliphatic carbocycles. The third-order valence-electron chi connectivity index (χ3n) is 1.55. The molecule has 7 heteroatoms. The standard InChI is InChI=1S/C7H16N2O4S/c1-5(2)14(11,12)9-7(10)6(8)4-13-3/h5-6H,4,8H2,1-3H3,(H,9,10). The van der Waals surface area contributed by atoms with Crippen molar-refractivity contribution >= 4 is 15.9 Å². The molecule has 84 valence electrons. The highest BCUT2D eigenvalue weighted by molar-refractivity contribution is 7.90. The Balaban J connectivity index is 4.33. The summed E-state index contributed by atoms with van der Waals surface area (Å²) in [6.45, 7) is 2.92. The molecule has 0 heterocycles. The molecule has 0 saturated heterocycles. The summed E-state index contributed by atoms with van der Waals surface area (Å²) in [5.41, 5.74) is 5.33. The monoisotopic (exact) mass is 224 g/mol. The highest BCUT2D eigenvalue weighted by atomic mass is 32.2. The average molecular weight is 224 g/mol. The minimum Gasteiger partial charge on any atom is -0.383 e. The predicted molar refractivity (Wildman–Crippen MR) is 52.0 cm³/mol. The van der Waals surface area contributed by atoms with Crippen molar-refractivity contribution < 1.29 is 17.9 Å². The van der Waals surface area contributed by atoms with Gasteiger partial charge in [-0.15, -0.1) is 0 Å². The van der Waals surface area contributed by atoms with E-state index in [4.69, 9.17) is 5.73 Å². The van der Waals surface area contributed by atoms with E-state index in [9.17, 15) is 13.2 Å². The van der Waals surface area contributed by atoms with E-state index < -0.39 is 27.2 Å². The van der Waals surface area contributed by atoms with Crippen molar-refractivity contribution in [2.45, 2.75) is 25.1 Å². The fourth-order valence-corrected chi connectivity index (χ4v) is 1.26. The lowest BCUT2D eigenvalue weighted by atomic mass is 10.3. The second-order valence-electron chi connectivity index (χ2n) is 3.12. The van der Waals surface area contributed by atoms with Crippen LogP contribution in [-0.4, -0.2) is 39.3 Å². The molecule has 1 atom stereocenters. The second kappa shape index (κ2) is 5.28. The number of hydrogen-bond acceptors (Lipinski definition) is 5. The van der Waals surface area contributed by atoms with E-state index in [1.807, 2.05) is 4.72 Å². The summed E-state index contributed by atoms with van der Waals surface area (Å²) in [6, 6.07) is -0.964. The molecule has 0 aromatic rings. The summed E-state index contributed by atoms with van der Waals surface area (Å²) < 4.78 is 28.9. The Kier molecular flexibility index (Phi) is 5.03. The summed E-state index contributed by atoms with van der Waals surface area (Å²) in [5.74, 6) is -0.749. The minimum atomic E-state index is -3.60. The maximum atomic E-state index is 11.2. The Bertz CT molecular complexity index is 286. The number of nitrogens with two attached hydrogens (primary N) is 1. The van der Waals surface area contributed by atoms with Crippen LogP contribution in [0.1, 0.15) is 13.8 Å². The summed E-state index contributed by atoms with van der Waals surface area (Å²) in [7, 11) is -2.22. The van der Waals surface area contributed by atoms with E-state index in [2.05, 4.69) is 4.74 Å². The first-order valence-corrected chi connectivity index (χ1v) is 5.66. The smallest absolute Gasteiger partial charge is 0.252 e. The normalized spacial score (nSPS) is 14.1. The summed E-state index contributed by atoms with van der Waals surface area (Å²) in [4.78, 5) is 11.2. The van der Waals surface area contributed by atoms with E-state index >= 15 is 0 Å². The van der Waals surface area contributed by atoms with E-state index in [1.54, 1.807) is 0 Å². The van der Waals surface area contributed by atoms with Gasteiger partial charge in [-0.3, -0.25) is 9.52 Å². The summed E-state index contributed by atoms with van der Waals surface area (Å²) in [6.07, 6.45) is 0. The average Bonchev–Trinajstić information content (AvgIpc) is 2.03. The molecule has 0 aliphatic heterocycles. The van der Waals surface area contributed by atoms with E-state index in [0.717, 1.165) is 0 Å². The highest BCUT2D eigenvalue weighted by Crippen LogP contribution is 1.96. The van der Waals surface area contributed by atoms with Gasteiger partial charge in [0.1, 0.15) is 6.04 Å². The molecule has 0 bridgehead atoms. The van der Waals surface area contributed by atoms with Crippen LogP contribution in [0, 0.1) is 0 Å². The van der Waals surface area contributed by atoms with Crippen molar-refractivity contribution in [3.8, 4) is 0 Å². The molecule has 0 radical (unpaired) electrons. The van der Waals surface area contributed by atoms with Crippen LogP contribution in [0.2, 0.25) is 0 Å². The van der Waals surface area contributed by atoms with Crippen molar-refractivity contribution in [3.05, 3.63) is 0 Å². The van der Waals surface area contributed by atoms with E-state index in [0.29, 0.717) is 0 Å². The van der Waals surface area contributed by atoms with Gasteiger partial charge in [0.05, 0.1) is 11.9 Å². The maximum Gasteiger partial charge on any atom is 0.252 e. The van der Waals surface area contributed by atoms with Crippen LogP contribution in [-0.2, 0) is 19.6 Å². The molecule has 0 aromatic heterocycles. The molecule has 3 N–H and O–H groups in total. The van der Waals surface area contributed by atoms with Crippen LogP contribution in [0.3, 0.4) is 0 Å². The van der Waals surface area contributed by atoms with Gasteiger partial charge in [0.25, 0.3) is 5.91 Å². The fourth-order valence-electron chi connectivity index (χ4n) is 0.589. The number of amides is 1. The minimum absolute atomic E-state index is 0.0144. The van der Waals surface area contributed by atoms with Crippen LogP contribution in [0.15, 0.2) is 0 Å². The molecule has 0 fully saturated rings. The quantitative estimate of drug-likeness (QED) is 0.612. The van der Waals surface area contributed by atoms with Gasteiger partial charge >= 0.3 is 0 Å². The lowest BCUT2D eigenvalue weighted by molar-refractivity contribution is -0.121. The molecule has 0 spiro atoms. The van der Waals surface area contributed by atoms with Crippen molar-refractivity contribution in [2.24, 2.45) is 5.73 Å². The molecule has 1 amide bonds. The van der Waals surface area contributed by atoms with Crippen LogP contribution < -0.4 is 10.5 Å². The second-order valence-corrected chi connectivity index (χ2v) is 5.36. The Hall–Kier alpha value is -0.660. The van der Waals surface area contributed by atoms with Crippen molar-refractivity contribution in [1.29, 1.82) is 0 Å². The van der Waals surface area contributed by atoms with Gasteiger partial charge in [-0.25, -0.2) is 8.42 Å². The molecule has 1 unspecified atom stereocenters. The zero-order valence-electron chi connectivity index (χ0n) is 8.48. The van der Waals surface area contributed by atoms with Crippen molar-refractivity contribution in [2.75, 3.05) is 13.7 Å². The molecule has 0 rings (SSSR count). The molecule has 0 aromatic carbocycles. The van der Waals surface area contributed by atoms with Crippen LogP contribution in [0.5, 0.6) is 0 Å². The van der Waals surface area contributed by atoms with Crippen LogP contribution in [0.4, 0.5) is 0 Å². The fraction of sp³-hybridized carbons (Fsp3) is 0.857. The number of nitrogens with one attached hydrogen (secondary N) is 1. The summed E-state index contributed by atoms with van der Waals surface area (Å²) >= 11 is 0. The first kappa shape index (κ1) is 13.3. The maximum absolute atomic E-state index is 11.2. The molecular formula is C7H16N2O4S. The van der Waals surface area contributed by atoms with E-state index in [1.165, 1.54) is 21.0 Å². The number of carbonyl (C=O) groups is 1. The Morgan fingerprint density at radius 1 is 1.50 bits per heavy atom. The van der Waals surface area contributed by atoms with Crippen molar-refractivity contribution in [3.63, 3.8) is 0 Å². The van der Waals surface area contributed by atoms with Crippen LogP contribution >= 0.6 is 0 Å². The SMILES string of the molecule is COCC(N)C(=O)NS(=O)(=O)C(C)C. The summed E-state index contributed by atoms with van der Waals surface area (Å²) in [5, 5.41) is -0.666. The Morgan fingerprint density at radius 3 is 2.36 bits per heavy atom. The van der Waals surface area contributed by atoms with Gasteiger partial charge in [-0.1, -0.05) is 0 Å². The molecule has 6 nitrogen and oxygen atoms in total. The Morgan fingerprint density at radius 2 is 2.00 bits per heavy atom. The van der Waals surface area contributed by atoms with Gasteiger partial charge in [0.15, 0.2) is 0 Å². The zero-order chi connectivity index (χ0) is 11.4. The molecule has 14 heavy (non-hydrogen) atoms. The molecule has 0 aliphatic rings. The number of methoxy groups -OCH3 is 1. The van der Waals surface area contributed by atoms with Gasteiger partial charge < -0.3 is 10.5 Å². The zero-order valence-corrected chi connectivity index (χ0v) is 9.30. The molecular weight excluding hydrogens is 208 g/mol. The Labute approximate surface area is 83.9 Å². The number of carbonyl (C=O) groups excluding carboxylic acids is 1. The lowest BCUT2D eigenvalue weighted by Gasteiger charge is -2.13. The predicted octanol–water partition coefficient (Wildman–Crippen LogP) is -1.19. The number of hydrogen-bond donors (Lipinski definition) is 2. The largest absolute Gasteiger partial charge is 0.383 e. The number of rotatable bonds is 5. The number of ether oxygens (including phenoxy) is 1. The van der Waals surface area contributed by atoms with Gasteiger partial charge in [-0.05, 0) is 13.8 Å². The lowest BCUT2D eigenvalue weighted by Crippen LogP contribution is -2.47. The van der Waals surface area contributed by atoms with Crippen LogP contribution in [0.25, 0.3) is 0 Å². The first-order valence-electron chi connectivity index (χ1n) is 4.11. The first-order chi connectivity index (χ1) is 6.31.